The average Bonchev–Trinajstić information content (AvgIpc) is 2.67. The minimum atomic E-state index is -0.546. The second-order valence-corrected chi connectivity index (χ2v) is 5.25. The van der Waals surface area contributed by atoms with Gasteiger partial charge in [-0.25, -0.2) is 8.78 Å². The van der Waals surface area contributed by atoms with Crippen molar-refractivity contribution in [2.45, 2.75) is 32.7 Å². The highest BCUT2D eigenvalue weighted by Gasteiger charge is 2.19. The van der Waals surface area contributed by atoms with Gasteiger partial charge in [-0.2, -0.15) is 5.10 Å². The van der Waals surface area contributed by atoms with Crippen LogP contribution in [-0.2, 0) is 19.9 Å². The third-order valence-electron chi connectivity index (χ3n) is 3.86. The molecule has 1 atom stereocenters. The first-order chi connectivity index (χ1) is 9.93. The molecule has 2 aromatic rings. The number of nitrogens with one attached hydrogen (secondary N) is 1. The normalized spacial score (nSPS) is 12.7. The second kappa shape index (κ2) is 6.32. The summed E-state index contributed by atoms with van der Waals surface area (Å²) in [4.78, 5) is 0. The Labute approximate surface area is 122 Å². The predicted octanol–water partition coefficient (Wildman–Crippen LogP) is 1.93. The largest absolute Gasteiger partial charge is 0.272 e. The van der Waals surface area contributed by atoms with Crippen LogP contribution in [0.4, 0.5) is 8.78 Å². The van der Waals surface area contributed by atoms with Gasteiger partial charge >= 0.3 is 0 Å². The van der Waals surface area contributed by atoms with E-state index in [4.69, 9.17) is 5.84 Å². The molecule has 4 nitrogen and oxygen atoms in total. The summed E-state index contributed by atoms with van der Waals surface area (Å²) in [6, 6.07) is 3.60. The fraction of sp³-hybridized carbons (Fsp3) is 0.400. The van der Waals surface area contributed by atoms with E-state index in [-0.39, 0.29) is 18.0 Å². The highest BCUT2D eigenvalue weighted by atomic mass is 19.1. The molecule has 0 aliphatic carbocycles. The van der Waals surface area contributed by atoms with Gasteiger partial charge < -0.3 is 0 Å². The monoisotopic (exact) mass is 294 g/mol. The van der Waals surface area contributed by atoms with Gasteiger partial charge in [-0.15, -0.1) is 0 Å². The van der Waals surface area contributed by atoms with Gasteiger partial charge in [0.2, 0.25) is 0 Å². The topological polar surface area (TPSA) is 55.9 Å². The Bertz CT molecular complexity index is 617. The van der Waals surface area contributed by atoms with E-state index in [0.29, 0.717) is 6.42 Å². The maximum atomic E-state index is 13.7. The maximum absolute atomic E-state index is 13.7. The quantitative estimate of drug-likeness (QED) is 0.654. The van der Waals surface area contributed by atoms with E-state index >= 15 is 0 Å². The molecule has 0 spiro atoms. The molecule has 114 valence electrons. The van der Waals surface area contributed by atoms with Gasteiger partial charge in [-0.3, -0.25) is 16.0 Å². The average molecular weight is 294 g/mol. The lowest BCUT2D eigenvalue weighted by Crippen LogP contribution is -2.39. The van der Waals surface area contributed by atoms with Crippen molar-refractivity contribution in [3.05, 3.63) is 52.3 Å². The van der Waals surface area contributed by atoms with Crippen molar-refractivity contribution >= 4 is 0 Å². The number of benzene rings is 1. The molecule has 3 N–H and O–H groups in total. The molecule has 1 heterocycles. The minimum Gasteiger partial charge on any atom is -0.272 e. The molecule has 1 unspecified atom stereocenters. The SMILES string of the molecule is Cc1nn(C)c(C)c1CC(Cc1c(F)cccc1F)NN. The van der Waals surface area contributed by atoms with Crippen molar-refractivity contribution in [1.29, 1.82) is 0 Å². The number of nitrogens with zero attached hydrogens (tertiary/aromatic N) is 2. The molecular formula is C15H20F2N4. The number of hydrazine groups is 1. The third-order valence-corrected chi connectivity index (χ3v) is 3.86. The smallest absolute Gasteiger partial charge is 0.129 e. The molecule has 6 heteroatoms. The molecule has 0 aliphatic rings. The molecule has 2 rings (SSSR count). The summed E-state index contributed by atoms with van der Waals surface area (Å²) in [6.45, 7) is 3.88. The van der Waals surface area contributed by atoms with E-state index in [0.717, 1.165) is 17.0 Å². The van der Waals surface area contributed by atoms with Crippen LogP contribution < -0.4 is 11.3 Å². The zero-order valence-electron chi connectivity index (χ0n) is 12.5. The molecule has 0 amide bonds. The first-order valence-electron chi connectivity index (χ1n) is 6.82. The minimum absolute atomic E-state index is 0.0552. The highest BCUT2D eigenvalue weighted by molar-refractivity contribution is 5.27. The summed E-state index contributed by atoms with van der Waals surface area (Å²) in [5.41, 5.74) is 5.69. The predicted molar refractivity (Wildman–Crippen MR) is 77.6 cm³/mol. The number of aromatic nitrogens is 2. The second-order valence-electron chi connectivity index (χ2n) is 5.25. The van der Waals surface area contributed by atoms with Crippen LogP contribution in [0.15, 0.2) is 18.2 Å². The first kappa shape index (κ1) is 15.6. The zero-order chi connectivity index (χ0) is 15.6. The Hall–Kier alpha value is -1.79. The van der Waals surface area contributed by atoms with E-state index < -0.39 is 11.6 Å². The van der Waals surface area contributed by atoms with Crippen molar-refractivity contribution in [3.8, 4) is 0 Å². The molecule has 0 aliphatic heterocycles. The maximum Gasteiger partial charge on any atom is 0.129 e. The van der Waals surface area contributed by atoms with Crippen LogP contribution >= 0.6 is 0 Å². The molecule has 0 fully saturated rings. The molecule has 1 aromatic heterocycles. The van der Waals surface area contributed by atoms with Crippen LogP contribution in [0.25, 0.3) is 0 Å². The summed E-state index contributed by atoms with van der Waals surface area (Å²) in [5, 5.41) is 4.34. The molecule has 0 bridgehead atoms. The van der Waals surface area contributed by atoms with Crippen molar-refractivity contribution < 1.29 is 8.78 Å². The van der Waals surface area contributed by atoms with Crippen LogP contribution in [0.3, 0.4) is 0 Å². The number of rotatable bonds is 5. The lowest BCUT2D eigenvalue weighted by Gasteiger charge is -2.17. The standard InChI is InChI=1S/C15H20F2N4/c1-9-12(10(2)21(3)20-9)7-11(19-18)8-13-14(16)5-4-6-15(13)17/h4-6,11,19H,7-8,18H2,1-3H3. The molecule has 0 radical (unpaired) electrons. The lowest BCUT2D eigenvalue weighted by atomic mass is 9.97. The summed E-state index contributed by atoms with van der Waals surface area (Å²) in [5.74, 6) is 4.46. The lowest BCUT2D eigenvalue weighted by molar-refractivity contribution is 0.483. The van der Waals surface area contributed by atoms with Crippen LogP contribution in [0.5, 0.6) is 0 Å². The van der Waals surface area contributed by atoms with E-state index in [2.05, 4.69) is 10.5 Å². The Morgan fingerprint density at radius 2 is 1.76 bits per heavy atom. The van der Waals surface area contributed by atoms with Gasteiger partial charge in [-0.05, 0) is 44.4 Å². The number of hydrogen-bond donors (Lipinski definition) is 2. The Morgan fingerprint density at radius 1 is 1.19 bits per heavy atom. The number of hydrogen-bond acceptors (Lipinski definition) is 3. The molecule has 0 saturated carbocycles. The summed E-state index contributed by atoms with van der Waals surface area (Å²) in [6.07, 6.45) is 0.749. The summed E-state index contributed by atoms with van der Waals surface area (Å²) >= 11 is 0. The van der Waals surface area contributed by atoms with Crippen molar-refractivity contribution in [3.63, 3.8) is 0 Å². The van der Waals surface area contributed by atoms with Crippen LogP contribution in [0.2, 0.25) is 0 Å². The first-order valence-corrected chi connectivity index (χ1v) is 6.82. The number of nitrogens with two attached hydrogens (primary N) is 1. The fourth-order valence-corrected chi connectivity index (χ4v) is 2.52. The third kappa shape index (κ3) is 3.28. The number of halogens is 2. The molecule has 21 heavy (non-hydrogen) atoms. The molecule has 1 aromatic carbocycles. The van der Waals surface area contributed by atoms with E-state index in [9.17, 15) is 8.78 Å². The Morgan fingerprint density at radius 3 is 2.24 bits per heavy atom. The van der Waals surface area contributed by atoms with Gasteiger partial charge in [0.15, 0.2) is 0 Å². The van der Waals surface area contributed by atoms with Crippen molar-refractivity contribution in [2.75, 3.05) is 0 Å². The van der Waals surface area contributed by atoms with Crippen LogP contribution in [0, 0.1) is 25.5 Å². The number of aryl methyl sites for hydroxylation is 2. The summed E-state index contributed by atoms with van der Waals surface area (Å²) < 4.78 is 29.2. The van der Waals surface area contributed by atoms with Gasteiger partial charge in [-0.1, -0.05) is 6.07 Å². The Kier molecular flexibility index (Phi) is 4.69. The van der Waals surface area contributed by atoms with Crippen molar-refractivity contribution in [1.82, 2.24) is 15.2 Å². The fourth-order valence-electron chi connectivity index (χ4n) is 2.52. The molecular weight excluding hydrogens is 274 g/mol. The van der Waals surface area contributed by atoms with Gasteiger partial charge in [0.05, 0.1) is 5.69 Å². The summed E-state index contributed by atoms with van der Waals surface area (Å²) in [7, 11) is 1.87. The van der Waals surface area contributed by atoms with E-state index in [1.165, 1.54) is 18.2 Å². The van der Waals surface area contributed by atoms with Gasteiger partial charge in [0.25, 0.3) is 0 Å². The Balaban J connectivity index is 2.21. The zero-order valence-corrected chi connectivity index (χ0v) is 12.5. The van der Waals surface area contributed by atoms with E-state index in [1.807, 2.05) is 20.9 Å². The van der Waals surface area contributed by atoms with E-state index in [1.54, 1.807) is 4.68 Å². The van der Waals surface area contributed by atoms with Crippen molar-refractivity contribution in [2.24, 2.45) is 12.9 Å². The van der Waals surface area contributed by atoms with Crippen LogP contribution in [0.1, 0.15) is 22.5 Å². The van der Waals surface area contributed by atoms with Gasteiger partial charge in [0, 0.05) is 24.3 Å². The van der Waals surface area contributed by atoms with Crippen LogP contribution in [-0.4, -0.2) is 15.8 Å². The molecule has 0 saturated heterocycles. The van der Waals surface area contributed by atoms with Gasteiger partial charge in [0.1, 0.15) is 11.6 Å². The highest BCUT2D eigenvalue weighted by Crippen LogP contribution is 2.18.